The van der Waals surface area contributed by atoms with Gasteiger partial charge in [0.15, 0.2) is 6.10 Å². The van der Waals surface area contributed by atoms with Gasteiger partial charge in [-0.2, -0.15) is 0 Å². The molecule has 1 aromatic carbocycles. The molecule has 0 aliphatic heterocycles. The van der Waals surface area contributed by atoms with Gasteiger partial charge < -0.3 is 10.1 Å². The van der Waals surface area contributed by atoms with Gasteiger partial charge >= 0.3 is 5.97 Å². The second-order valence-corrected chi connectivity index (χ2v) is 5.16. The number of aromatic nitrogens is 4. The minimum atomic E-state index is -0.998. The average Bonchev–Trinajstić information content (AvgIpc) is 2.89. The minimum absolute atomic E-state index is 0.187. The van der Waals surface area contributed by atoms with Crippen molar-refractivity contribution in [3.63, 3.8) is 0 Å². The minimum Gasteiger partial charge on any atom is -0.451 e. The number of amides is 1. The molecule has 0 spiro atoms. The third-order valence-corrected chi connectivity index (χ3v) is 2.93. The number of nitrogens with one attached hydrogen (secondary N) is 1. The van der Waals surface area contributed by atoms with Gasteiger partial charge in [0.05, 0.1) is 0 Å². The molecule has 2 aromatic rings. The van der Waals surface area contributed by atoms with E-state index in [0.717, 1.165) is 0 Å². The molecule has 0 bridgehead atoms. The number of esters is 1. The zero-order chi connectivity index (χ0) is 16.1. The molecule has 8 nitrogen and oxygen atoms in total. The molecule has 0 aliphatic carbocycles. The van der Waals surface area contributed by atoms with Crippen molar-refractivity contribution in [2.75, 3.05) is 5.32 Å². The molecular weight excluding hydrogens is 333 g/mol. The number of carbonyl (C=O) groups is 2. The molecule has 116 valence electrons. The van der Waals surface area contributed by atoms with Crippen LogP contribution in [0.4, 0.5) is 5.69 Å². The van der Waals surface area contributed by atoms with Crippen molar-refractivity contribution in [2.45, 2.75) is 19.6 Å². The summed E-state index contributed by atoms with van der Waals surface area (Å²) in [5, 5.41) is 13.6. The van der Waals surface area contributed by atoms with Crippen LogP contribution in [-0.2, 0) is 20.9 Å². The third-order valence-electron chi connectivity index (χ3n) is 2.49. The van der Waals surface area contributed by atoms with Crippen LogP contribution in [0.25, 0.3) is 0 Å². The van der Waals surface area contributed by atoms with Crippen LogP contribution >= 0.6 is 23.2 Å². The SMILES string of the molecule is C[C@@H](OC(=O)Cn1cnnn1)C(=O)Nc1cc(Cl)cc(Cl)c1. The lowest BCUT2D eigenvalue weighted by atomic mass is 10.3. The van der Waals surface area contributed by atoms with Gasteiger partial charge in [0, 0.05) is 15.7 Å². The van der Waals surface area contributed by atoms with Crippen molar-refractivity contribution in [3.8, 4) is 0 Å². The number of halogens is 2. The molecule has 0 fully saturated rings. The smallest absolute Gasteiger partial charge is 0.328 e. The number of tetrazole rings is 1. The fraction of sp³-hybridized carbons (Fsp3) is 0.250. The lowest BCUT2D eigenvalue weighted by Gasteiger charge is -2.13. The number of nitrogens with zero attached hydrogens (tertiary/aromatic N) is 4. The molecule has 2 rings (SSSR count). The highest BCUT2D eigenvalue weighted by Gasteiger charge is 2.18. The number of hydrogen-bond acceptors (Lipinski definition) is 6. The Morgan fingerprint density at radius 1 is 1.32 bits per heavy atom. The van der Waals surface area contributed by atoms with E-state index in [0.29, 0.717) is 15.7 Å². The highest BCUT2D eigenvalue weighted by molar-refractivity contribution is 6.35. The summed E-state index contributed by atoms with van der Waals surface area (Å²) in [4.78, 5) is 23.6. The number of hydrogen-bond donors (Lipinski definition) is 1. The standard InChI is InChI=1S/C12H11Cl2N5O3/c1-7(22-11(20)5-19-6-15-17-18-19)12(21)16-10-3-8(13)2-9(14)4-10/h2-4,6-7H,5H2,1H3,(H,16,21)/t7-/m1/s1. The van der Waals surface area contributed by atoms with Crippen LogP contribution < -0.4 is 5.32 Å². The number of benzene rings is 1. The van der Waals surface area contributed by atoms with E-state index in [4.69, 9.17) is 27.9 Å². The van der Waals surface area contributed by atoms with E-state index in [2.05, 4.69) is 20.8 Å². The Kier molecular flexibility index (Phi) is 5.29. The van der Waals surface area contributed by atoms with Gasteiger partial charge in [-0.25, -0.2) is 4.68 Å². The Balaban J connectivity index is 1.90. The fourth-order valence-electron chi connectivity index (χ4n) is 1.54. The normalized spacial score (nSPS) is 11.8. The van der Waals surface area contributed by atoms with Gasteiger partial charge in [0.2, 0.25) is 0 Å². The third kappa shape index (κ3) is 4.68. The summed E-state index contributed by atoms with van der Waals surface area (Å²) in [5.41, 5.74) is 0.408. The number of anilines is 1. The lowest BCUT2D eigenvalue weighted by molar-refractivity contribution is -0.153. The lowest BCUT2D eigenvalue weighted by Crippen LogP contribution is -2.31. The van der Waals surface area contributed by atoms with Crippen molar-refractivity contribution in [3.05, 3.63) is 34.6 Å². The number of ether oxygens (including phenoxy) is 1. The molecule has 0 aliphatic rings. The predicted octanol–water partition coefficient (Wildman–Crippen LogP) is 1.55. The Morgan fingerprint density at radius 2 is 2.00 bits per heavy atom. The number of carbonyl (C=O) groups excluding carboxylic acids is 2. The maximum absolute atomic E-state index is 12.0. The van der Waals surface area contributed by atoms with Gasteiger partial charge in [-0.05, 0) is 35.5 Å². The topological polar surface area (TPSA) is 99.0 Å². The molecule has 1 amide bonds. The van der Waals surface area contributed by atoms with E-state index in [1.807, 2.05) is 0 Å². The summed E-state index contributed by atoms with van der Waals surface area (Å²) in [6.07, 6.45) is 0.265. The van der Waals surface area contributed by atoms with Crippen LogP contribution in [0.2, 0.25) is 10.0 Å². The molecule has 10 heteroatoms. The summed E-state index contributed by atoms with van der Waals surface area (Å²) in [7, 11) is 0. The van der Waals surface area contributed by atoms with Crippen LogP contribution in [-0.4, -0.2) is 38.2 Å². The molecule has 1 atom stereocenters. The summed E-state index contributed by atoms with van der Waals surface area (Å²) in [6, 6.07) is 4.59. The summed E-state index contributed by atoms with van der Waals surface area (Å²) < 4.78 is 6.17. The molecule has 0 saturated heterocycles. The summed E-state index contributed by atoms with van der Waals surface area (Å²) in [6.45, 7) is 1.26. The molecule has 22 heavy (non-hydrogen) atoms. The van der Waals surface area contributed by atoms with Gasteiger partial charge in [0.1, 0.15) is 12.9 Å². The van der Waals surface area contributed by atoms with Crippen LogP contribution in [0.3, 0.4) is 0 Å². The quantitative estimate of drug-likeness (QED) is 0.827. The van der Waals surface area contributed by atoms with Gasteiger partial charge in [-0.15, -0.1) is 5.10 Å². The first-order valence-electron chi connectivity index (χ1n) is 6.11. The highest BCUT2D eigenvalue weighted by atomic mass is 35.5. The molecule has 1 aromatic heterocycles. The van der Waals surface area contributed by atoms with E-state index in [1.54, 1.807) is 0 Å². The van der Waals surface area contributed by atoms with Crippen molar-refractivity contribution in [1.29, 1.82) is 0 Å². The van der Waals surface area contributed by atoms with Gasteiger partial charge in [0.25, 0.3) is 5.91 Å². The van der Waals surface area contributed by atoms with Gasteiger partial charge in [-0.3, -0.25) is 9.59 Å². The van der Waals surface area contributed by atoms with E-state index >= 15 is 0 Å². The highest BCUT2D eigenvalue weighted by Crippen LogP contribution is 2.22. The van der Waals surface area contributed by atoms with Crippen molar-refractivity contribution in [2.24, 2.45) is 0 Å². The first-order chi connectivity index (χ1) is 10.4. The fourth-order valence-corrected chi connectivity index (χ4v) is 2.07. The second-order valence-electron chi connectivity index (χ2n) is 4.29. The molecule has 0 saturated carbocycles. The first-order valence-corrected chi connectivity index (χ1v) is 6.87. The van der Waals surface area contributed by atoms with Crippen LogP contribution in [0, 0.1) is 0 Å². The molecule has 1 heterocycles. The predicted molar refractivity (Wildman–Crippen MR) is 78.5 cm³/mol. The van der Waals surface area contributed by atoms with Crippen LogP contribution in [0.15, 0.2) is 24.5 Å². The summed E-state index contributed by atoms with van der Waals surface area (Å²) >= 11 is 11.7. The van der Waals surface area contributed by atoms with E-state index in [-0.39, 0.29) is 6.54 Å². The first kappa shape index (κ1) is 16.2. The molecule has 0 radical (unpaired) electrons. The zero-order valence-corrected chi connectivity index (χ0v) is 12.9. The Labute approximate surface area is 135 Å². The van der Waals surface area contributed by atoms with Crippen molar-refractivity contribution < 1.29 is 14.3 Å². The monoisotopic (exact) mass is 343 g/mol. The van der Waals surface area contributed by atoms with E-state index in [9.17, 15) is 9.59 Å². The summed E-state index contributed by atoms with van der Waals surface area (Å²) in [5.74, 6) is -1.15. The zero-order valence-electron chi connectivity index (χ0n) is 11.4. The van der Waals surface area contributed by atoms with Gasteiger partial charge in [-0.1, -0.05) is 23.2 Å². The Morgan fingerprint density at radius 3 is 2.59 bits per heavy atom. The maximum atomic E-state index is 12.0. The van der Waals surface area contributed by atoms with Crippen LogP contribution in [0.1, 0.15) is 6.92 Å². The van der Waals surface area contributed by atoms with E-state index < -0.39 is 18.0 Å². The molecule has 1 N–H and O–H groups in total. The second kappa shape index (κ2) is 7.19. The molecular formula is C12H11Cl2N5O3. The van der Waals surface area contributed by atoms with E-state index in [1.165, 1.54) is 36.1 Å². The Hall–Kier alpha value is -2.19. The average molecular weight is 344 g/mol. The van der Waals surface area contributed by atoms with Crippen LogP contribution in [0.5, 0.6) is 0 Å². The molecule has 0 unspecified atom stereocenters. The van der Waals surface area contributed by atoms with Crippen molar-refractivity contribution >= 4 is 40.8 Å². The maximum Gasteiger partial charge on any atom is 0.328 e. The largest absolute Gasteiger partial charge is 0.451 e. The van der Waals surface area contributed by atoms with Crippen molar-refractivity contribution in [1.82, 2.24) is 20.2 Å². The Bertz CT molecular complexity index is 657. The number of rotatable bonds is 5.